The Morgan fingerprint density at radius 3 is 2.55 bits per heavy atom. The van der Waals surface area contributed by atoms with Gasteiger partial charge in [0.25, 0.3) is 0 Å². The van der Waals surface area contributed by atoms with Crippen LogP contribution >= 0.6 is 36.2 Å². The van der Waals surface area contributed by atoms with Crippen molar-refractivity contribution in [2.75, 3.05) is 36.5 Å². The average molecular weight is 455 g/mol. The minimum absolute atomic E-state index is 0. The Hall–Kier alpha value is -1.90. The molecule has 156 valence electrons. The van der Waals surface area contributed by atoms with Gasteiger partial charge in [0.2, 0.25) is 5.91 Å². The van der Waals surface area contributed by atoms with E-state index in [2.05, 4.69) is 10.2 Å². The molecule has 0 saturated carbocycles. The van der Waals surface area contributed by atoms with Gasteiger partial charge in [-0.3, -0.25) is 4.79 Å². The highest BCUT2D eigenvalue weighted by molar-refractivity contribution is 7.22. The van der Waals surface area contributed by atoms with Crippen molar-refractivity contribution in [3.63, 3.8) is 0 Å². The molecule has 1 aliphatic heterocycles. The molecule has 0 spiro atoms. The molecule has 1 atom stereocenters. The summed E-state index contributed by atoms with van der Waals surface area (Å²) in [5, 5.41) is 3.93. The van der Waals surface area contributed by atoms with Gasteiger partial charge in [-0.1, -0.05) is 41.7 Å². The van der Waals surface area contributed by atoms with Crippen molar-refractivity contribution in [3.8, 4) is 0 Å². The first-order valence-electron chi connectivity index (χ1n) is 8.93. The second kappa shape index (κ2) is 9.73. The Bertz CT molecular complexity index is 960. The lowest BCUT2D eigenvalue weighted by molar-refractivity contribution is -0.120. The molecule has 1 unspecified atom stereocenters. The highest BCUT2D eigenvalue weighted by atomic mass is 35.5. The number of carbonyl (C=O) groups excluding carboxylic acids is 1. The lowest BCUT2D eigenvalue weighted by Crippen LogP contribution is -2.45. The molecule has 0 aliphatic carbocycles. The second-order valence-corrected chi connectivity index (χ2v) is 7.81. The molecule has 1 amide bonds. The van der Waals surface area contributed by atoms with E-state index in [1.807, 2.05) is 48.5 Å². The molecule has 2 aromatic carbocycles. The molecule has 6 nitrogen and oxygen atoms in total. The molecular formula is C20H24Cl2N4O2S. The van der Waals surface area contributed by atoms with Gasteiger partial charge >= 0.3 is 0 Å². The van der Waals surface area contributed by atoms with Gasteiger partial charge in [0, 0.05) is 18.8 Å². The van der Waals surface area contributed by atoms with Gasteiger partial charge in [-0.25, -0.2) is 4.98 Å². The lowest BCUT2D eigenvalue weighted by Gasteiger charge is -2.25. The van der Waals surface area contributed by atoms with Crippen LogP contribution in [0.25, 0.3) is 10.2 Å². The number of fused-ring (bicyclic) bond motifs is 1. The number of nitrogens with one attached hydrogen (secondary N) is 1. The number of benzene rings is 2. The summed E-state index contributed by atoms with van der Waals surface area (Å²) in [6.45, 7) is 4.88. The lowest BCUT2D eigenvalue weighted by atomic mass is 9.92. The molecular weight excluding hydrogens is 431 g/mol. The number of amides is 1. The molecule has 4 rings (SSSR count). The molecule has 29 heavy (non-hydrogen) atoms. The van der Waals surface area contributed by atoms with E-state index in [4.69, 9.17) is 15.5 Å². The summed E-state index contributed by atoms with van der Waals surface area (Å²) in [5.41, 5.74) is 7.62. The monoisotopic (exact) mass is 454 g/mol. The average Bonchev–Trinajstić information content (AvgIpc) is 3.13. The number of ether oxygens (including phenoxy) is 1. The largest absolute Gasteiger partial charge is 0.378 e. The topological polar surface area (TPSA) is 80.5 Å². The van der Waals surface area contributed by atoms with Crippen LogP contribution in [0.4, 0.5) is 10.8 Å². The molecule has 1 fully saturated rings. The number of hydrogen-bond acceptors (Lipinski definition) is 6. The number of anilines is 2. The van der Waals surface area contributed by atoms with Crippen molar-refractivity contribution >= 4 is 63.1 Å². The highest BCUT2D eigenvalue weighted by Gasteiger charge is 2.30. The predicted molar refractivity (Wildman–Crippen MR) is 124 cm³/mol. The molecule has 1 aromatic heterocycles. The van der Waals surface area contributed by atoms with Crippen LogP contribution in [0.5, 0.6) is 0 Å². The minimum Gasteiger partial charge on any atom is -0.378 e. The number of nitrogens with zero attached hydrogens (tertiary/aromatic N) is 2. The van der Waals surface area contributed by atoms with Crippen molar-refractivity contribution in [1.29, 1.82) is 0 Å². The van der Waals surface area contributed by atoms with E-state index < -0.39 is 5.54 Å². The number of nitrogens with two attached hydrogens (primary N) is 1. The Morgan fingerprint density at radius 2 is 1.86 bits per heavy atom. The molecule has 2 heterocycles. The van der Waals surface area contributed by atoms with Gasteiger partial charge in [-0.15, -0.1) is 24.8 Å². The van der Waals surface area contributed by atoms with E-state index >= 15 is 0 Å². The highest BCUT2D eigenvalue weighted by Crippen LogP contribution is 2.31. The Morgan fingerprint density at radius 1 is 1.17 bits per heavy atom. The predicted octanol–water partition coefficient (Wildman–Crippen LogP) is 3.79. The van der Waals surface area contributed by atoms with Crippen LogP contribution < -0.4 is 16.0 Å². The van der Waals surface area contributed by atoms with E-state index in [1.54, 1.807) is 18.3 Å². The van der Waals surface area contributed by atoms with E-state index in [0.29, 0.717) is 0 Å². The standard InChI is InChI=1S/C20H22N4O2S.2ClH/c1-20(21,14-5-3-2-4-6-14)18(25)22-15-7-8-16-17(13-15)27-19(23-16)24-9-11-26-12-10-24;;/h2-8,13H,9-12,21H2,1H3,(H,22,25);2*1H. The van der Waals surface area contributed by atoms with Crippen LogP contribution in [0.3, 0.4) is 0 Å². The zero-order chi connectivity index (χ0) is 18.9. The Balaban J connectivity index is 0.00000150. The van der Waals surface area contributed by atoms with Gasteiger partial charge in [0.05, 0.1) is 23.4 Å². The summed E-state index contributed by atoms with van der Waals surface area (Å²) in [5.74, 6) is -0.244. The quantitative estimate of drug-likeness (QED) is 0.626. The first-order valence-corrected chi connectivity index (χ1v) is 9.75. The molecule has 0 radical (unpaired) electrons. The third kappa shape index (κ3) is 4.99. The maximum absolute atomic E-state index is 12.8. The van der Waals surface area contributed by atoms with Crippen molar-refractivity contribution in [3.05, 3.63) is 54.1 Å². The van der Waals surface area contributed by atoms with Gasteiger partial charge < -0.3 is 20.7 Å². The Kier molecular flexibility index (Phi) is 7.85. The number of aromatic nitrogens is 1. The first kappa shape index (κ1) is 23.4. The summed E-state index contributed by atoms with van der Waals surface area (Å²) in [4.78, 5) is 19.7. The van der Waals surface area contributed by atoms with Crippen molar-refractivity contribution < 1.29 is 9.53 Å². The number of carbonyl (C=O) groups is 1. The molecule has 1 aliphatic rings. The maximum Gasteiger partial charge on any atom is 0.248 e. The van der Waals surface area contributed by atoms with Crippen LogP contribution in [0, 0.1) is 0 Å². The minimum atomic E-state index is -1.11. The fraction of sp³-hybridized carbons (Fsp3) is 0.300. The molecule has 9 heteroatoms. The summed E-state index contributed by atoms with van der Waals surface area (Å²) in [7, 11) is 0. The van der Waals surface area contributed by atoms with E-state index in [1.165, 1.54) is 0 Å². The number of rotatable bonds is 4. The van der Waals surface area contributed by atoms with Gasteiger partial charge in [0.15, 0.2) is 5.13 Å². The first-order chi connectivity index (χ1) is 13.0. The zero-order valence-corrected chi connectivity index (χ0v) is 18.4. The van der Waals surface area contributed by atoms with E-state index in [0.717, 1.165) is 52.9 Å². The maximum atomic E-state index is 12.8. The molecule has 3 aromatic rings. The fourth-order valence-corrected chi connectivity index (χ4v) is 4.11. The second-order valence-electron chi connectivity index (χ2n) is 6.80. The third-order valence-corrected chi connectivity index (χ3v) is 5.84. The normalized spacial score (nSPS) is 15.7. The smallest absolute Gasteiger partial charge is 0.248 e. The number of halogens is 2. The SMILES string of the molecule is CC(N)(C(=O)Nc1ccc2nc(N3CCOCC3)sc2c1)c1ccccc1.Cl.Cl. The van der Waals surface area contributed by atoms with Gasteiger partial charge in [-0.2, -0.15) is 0 Å². The molecule has 3 N–H and O–H groups in total. The number of thiazole rings is 1. The Labute approximate surface area is 186 Å². The van der Waals surface area contributed by atoms with E-state index in [9.17, 15) is 4.79 Å². The summed E-state index contributed by atoms with van der Waals surface area (Å²) in [6.07, 6.45) is 0. The van der Waals surface area contributed by atoms with Gasteiger partial charge in [0.1, 0.15) is 5.54 Å². The van der Waals surface area contributed by atoms with E-state index in [-0.39, 0.29) is 30.7 Å². The fourth-order valence-electron chi connectivity index (χ4n) is 3.06. The molecule has 0 bridgehead atoms. The number of morpholine rings is 1. The summed E-state index contributed by atoms with van der Waals surface area (Å²) < 4.78 is 6.44. The van der Waals surface area contributed by atoms with Crippen molar-refractivity contribution in [2.45, 2.75) is 12.5 Å². The van der Waals surface area contributed by atoms with Crippen LogP contribution in [-0.4, -0.2) is 37.2 Å². The summed E-state index contributed by atoms with van der Waals surface area (Å²) >= 11 is 1.63. The zero-order valence-electron chi connectivity index (χ0n) is 16.0. The van der Waals surface area contributed by atoms with Crippen LogP contribution in [0.1, 0.15) is 12.5 Å². The van der Waals surface area contributed by atoms with Crippen LogP contribution in [0.2, 0.25) is 0 Å². The van der Waals surface area contributed by atoms with Crippen molar-refractivity contribution in [1.82, 2.24) is 4.98 Å². The molecule has 1 saturated heterocycles. The van der Waals surface area contributed by atoms with Gasteiger partial charge in [-0.05, 0) is 30.7 Å². The van der Waals surface area contributed by atoms with Crippen LogP contribution in [0.15, 0.2) is 48.5 Å². The summed E-state index contributed by atoms with van der Waals surface area (Å²) in [6, 6.07) is 15.1. The number of hydrogen-bond donors (Lipinski definition) is 2. The van der Waals surface area contributed by atoms with Crippen molar-refractivity contribution in [2.24, 2.45) is 5.73 Å². The third-order valence-electron chi connectivity index (χ3n) is 4.76. The van der Waals surface area contributed by atoms with Crippen LogP contribution in [-0.2, 0) is 15.1 Å².